The molecular weight excluding hydrogens is 414 g/mol. The Morgan fingerprint density at radius 3 is 2.90 bits per heavy atom. The number of methoxy groups -OCH3 is 1. The lowest BCUT2D eigenvalue weighted by Crippen LogP contribution is -2.29. The molecule has 2 aromatic heterocycles. The Balaban J connectivity index is 1.74. The number of aromatic nitrogens is 3. The second kappa shape index (κ2) is 9.13. The molecule has 1 fully saturated rings. The van der Waals surface area contributed by atoms with Crippen molar-refractivity contribution >= 4 is 18.4 Å². The molecule has 1 aliphatic heterocycles. The number of hydrogen-bond acceptors (Lipinski definition) is 7. The van der Waals surface area contributed by atoms with Gasteiger partial charge in [0.1, 0.15) is 11.3 Å². The fourth-order valence-electron chi connectivity index (χ4n) is 3.79. The minimum absolute atomic E-state index is 0.0232. The highest BCUT2D eigenvalue weighted by atomic mass is 32.1. The number of aromatic amines is 1. The number of piperidine rings is 1. The first kappa shape index (κ1) is 20.8. The molecule has 3 heterocycles. The standard InChI is InChI=1S/C22H23N5O3S/c1-30-19-10-3-2-9-18(19)27-21(29)16(20(28)25-22(27)31)14-24-26-12-5-4-8-17(26)15-7-6-11-23-13-15/h2-3,6-7,9-11,13-14,17,29H,4-5,8,12H2,1H3,(H,25,28,31)/b24-14+/t17-/m0/s1. The summed E-state index contributed by atoms with van der Waals surface area (Å²) < 4.78 is 6.81. The molecule has 2 N–H and O–H groups in total. The predicted octanol–water partition coefficient (Wildman–Crippen LogP) is 3.57. The molecule has 31 heavy (non-hydrogen) atoms. The number of para-hydroxylation sites is 2. The zero-order chi connectivity index (χ0) is 21.8. The van der Waals surface area contributed by atoms with Crippen molar-refractivity contribution in [2.24, 2.45) is 5.10 Å². The molecule has 0 amide bonds. The first-order valence-electron chi connectivity index (χ1n) is 10.0. The minimum Gasteiger partial charge on any atom is -0.495 e. The average molecular weight is 438 g/mol. The Kier molecular flexibility index (Phi) is 6.13. The van der Waals surface area contributed by atoms with Crippen molar-refractivity contribution in [3.8, 4) is 17.3 Å². The highest BCUT2D eigenvalue weighted by Crippen LogP contribution is 2.31. The van der Waals surface area contributed by atoms with E-state index in [1.165, 1.54) is 17.9 Å². The SMILES string of the molecule is COc1ccccc1-n1c(O)c(/C=N/N2CCCC[C@H]2c2cccnc2)c(=O)[nH]c1=S. The summed E-state index contributed by atoms with van der Waals surface area (Å²) >= 11 is 5.30. The van der Waals surface area contributed by atoms with Crippen LogP contribution in [0.2, 0.25) is 0 Å². The van der Waals surface area contributed by atoms with E-state index in [1.54, 1.807) is 24.4 Å². The summed E-state index contributed by atoms with van der Waals surface area (Å²) in [4.78, 5) is 19.4. The maximum absolute atomic E-state index is 12.6. The van der Waals surface area contributed by atoms with Crippen molar-refractivity contribution in [3.63, 3.8) is 0 Å². The van der Waals surface area contributed by atoms with E-state index < -0.39 is 5.56 Å². The highest BCUT2D eigenvalue weighted by molar-refractivity contribution is 7.71. The molecule has 0 radical (unpaired) electrons. The Bertz CT molecular complexity index is 1210. The van der Waals surface area contributed by atoms with Crippen molar-refractivity contribution in [3.05, 3.63) is 75.0 Å². The Morgan fingerprint density at radius 1 is 1.29 bits per heavy atom. The third-order valence-corrected chi connectivity index (χ3v) is 5.61. The van der Waals surface area contributed by atoms with Gasteiger partial charge in [0.25, 0.3) is 5.56 Å². The lowest BCUT2D eigenvalue weighted by atomic mass is 9.98. The lowest BCUT2D eigenvalue weighted by Gasteiger charge is -2.33. The zero-order valence-corrected chi connectivity index (χ0v) is 17.9. The van der Waals surface area contributed by atoms with Crippen LogP contribution in [0.5, 0.6) is 11.6 Å². The van der Waals surface area contributed by atoms with Crippen LogP contribution < -0.4 is 10.3 Å². The summed E-state index contributed by atoms with van der Waals surface area (Å²) in [6.07, 6.45) is 8.01. The molecule has 1 atom stereocenters. The predicted molar refractivity (Wildman–Crippen MR) is 121 cm³/mol. The van der Waals surface area contributed by atoms with E-state index in [-0.39, 0.29) is 22.3 Å². The molecule has 3 aromatic rings. The van der Waals surface area contributed by atoms with Crippen LogP contribution in [0.25, 0.3) is 5.69 Å². The van der Waals surface area contributed by atoms with Crippen molar-refractivity contribution in [2.45, 2.75) is 25.3 Å². The molecule has 0 spiro atoms. The van der Waals surface area contributed by atoms with Gasteiger partial charge < -0.3 is 9.84 Å². The van der Waals surface area contributed by atoms with Crippen LogP contribution in [0.1, 0.15) is 36.4 Å². The number of H-pyrrole nitrogens is 1. The van der Waals surface area contributed by atoms with Crippen molar-refractivity contribution in [1.29, 1.82) is 0 Å². The average Bonchev–Trinajstić information content (AvgIpc) is 2.80. The second-order valence-corrected chi connectivity index (χ2v) is 7.60. The van der Waals surface area contributed by atoms with E-state index in [9.17, 15) is 9.90 Å². The van der Waals surface area contributed by atoms with E-state index >= 15 is 0 Å². The molecule has 0 unspecified atom stereocenters. The molecule has 0 bridgehead atoms. The molecular formula is C22H23N5O3S. The normalized spacial score (nSPS) is 16.5. The molecule has 1 aliphatic rings. The summed E-state index contributed by atoms with van der Waals surface area (Å²) in [5.41, 5.74) is 1.11. The van der Waals surface area contributed by atoms with Gasteiger partial charge in [0.05, 0.1) is 25.1 Å². The van der Waals surface area contributed by atoms with Gasteiger partial charge in [-0.1, -0.05) is 18.2 Å². The van der Waals surface area contributed by atoms with Gasteiger partial charge in [0.2, 0.25) is 5.88 Å². The smallest absolute Gasteiger partial charge is 0.264 e. The van der Waals surface area contributed by atoms with E-state index in [4.69, 9.17) is 17.0 Å². The number of pyridine rings is 1. The monoisotopic (exact) mass is 437 g/mol. The third-order valence-electron chi connectivity index (χ3n) is 5.33. The van der Waals surface area contributed by atoms with Crippen LogP contribution in [0.4, 0.5) is 0 Å². The van der Waals surface area contributed by atoms with Gasteiger partial charge in [-0.15, -0.1) is 0 Å². The van der Waals surface area contributed by atoms with Gasteiger partial charge in [-0.25, -0.2) is 0 Å². The molecule has 1 saturated heterocycles. The largest absolute Gasteiger partial charge is 0.495 e. The molecule has 4 rings (SSSR count). The fourth-order valence-corrected chi connectivity index (χ4v) is 4.07. The number of hydrazone groups is 1. The number of hydrogen-bond donors (Lipinski definition) is 2. The molecule has 1 aromatic carbocycles. The maximum Gasteiger partial charge on any atom is 0.264 e. The molecule has 0 aliphatic carbocycles. The topological polar surface area (TPSA) is 95.7 Å². The van der Waals surface area contributed by atoms with E-state index in [0.29, 0.717) is 11.4 Å². The molecule has 9 heteroatoms. The quantitative estimate of drug-likeness (QED) is 0.468. The van der Waals surface area contributed by atoms with Crippen molar-refractivity contribution in [1.82, 2.24) is 19.5 Å². The summed E-state index contributed by atoms with van der Waals surface area (Å²) in [5.74, 6) is 0.216. The van der Waals surface area contributed by atoms with Crippen molar-refractivity contribution in [2.75, 3.05) is 13.7 Å². The maximum atomic E-state index is 12.6. The first-order valence-corrected chi connectivity index (χ1v) is 10.4. The molecule has 160 valence electrons. The van der Waals surface area contributed by atoms with E-state index in [2.05, 4.69) is 15.1 Å². The minimum atomic E-state index is -0.507. The van der Waals surface area contributed by atoms with E-state index in [1.807, 2.05) is 29.4 Å². The van der Waals surface area contributed by atoms with E-state index in [0.717, 1.165) is 31.4 Å². The van der Waals surface area contributed by atoms with Crippen LogP contribution in [-0.4, -0.2) is 44.5 Å². The second-order valence-electron chi connectivity index (χ2n) is 7.21. The summed E-state index contributed by atoms with van der Waals surface area (Å²) in [6, 6.07) is 11.1. The van der Waals surface area contributed by atoms with Crippen LogP contribution in [0, 0.1) is 4.77 Å². The fraction of sp³-hybridized carbons (Fsp3) is 0.273. The van der Waals surface area contributed by atoms with Gasteiger partial charge in [0.15, 0.2) is 4.77 Å². The number of nitrogens with zero attached hydrogens (tertiary/aromatic N) is 4. The van der Waals surface area contributed by atoms with Crippen LogP contribution in [-0.2, 0) is 0 Å². The van der Waals surface area contributed by atoms with Gasteiger partial charge >= 0.3 is 0 Å². The number of ether oxygens (including phenoxy) is 1. The summed E-state index contributed by atoms with van der Waals surface area (Å²) in [6.45, 7) is 0.750. The Morgan fingerprint density at radius 2 is 2.13 bits per heavy atom. The Hall–Kier alpha value is -3.46. The summed E-state index contributed by atoms with van der Waals surface area (Å²) in [5, 5.41) is 17.4. The number of benzene rings is 1. The van der Waals surface area contributed by atoms with Gasteiger partial charge in [-0.3, -0.25) is 24.3 Å². The number of nitrogens with one attached hydrogen (secondary N) is 1. The lowest BCUT2D eigenvalue weighted by molar-refractivity contribution is 0.156. The van der Waals surface area contributed by atoms with Gasteiger partial charge in [-0.2, -0.15) is 5.10 Å². The zero-order valence-electron chi connectivity index (χ0n) is 17.1. The molecule has 8 nitrogen and oxygen atoms in total. The highest BCUT2D eigenvalue weighted by Gasteiger charge is 2.23. The van der Waals surface area contributed by atoms with Crippen LogP contribution in [0.3, 0.4) is 0 Å². The van der Waals surface area contributed by atoms with Crippen LogP contribution in [0.15, 0.2) is 58.7 Å². The Labute approximate surface area is 184 Å². The number of rotatable bonds is 5. The first-order chi connectivity index (χ1) is 15.1. The van der Waals surface area contributed by atoms with Gasteiger partial charge in [-0.05, 0) is 55.2 Å². The molecule has 0 saturated carbocycles. The third kappa shape index (κ3) is 4.22. The van der Waals surface area contributed by atoms with Crippen LogP contribution >= 0.6 is 12.2 Å². The number of aromatic hydroxyl groups is 1. The van der Waals surface area contributed by atoms with Gasteiger partial charge in [0, 0.05) is 18.9 Å². The summed E-state index contributed by atoms with van der Waals surface area (Å²) in [7, 11) is 1.53. The van der Waals surface area contributed by atoms with Crippen molar-refractivity contribution < 1.29 is 9.84 Å².